The number of ketones is 1. The van der Waals surface area contributed by atoms with Gasteiger partial charge in [-0.05, 0) is 34.9 Å². The van der Waals surface area contributed by atoms with Crippen LogP contribution in [-0.4, -0.2) is 42.4 Å². The van der Waals surface area contributed by atoms with E-state index < -0.39 is 26.4 Å². The molecule has 3 aromatic carbocycles. The van der Waals surface area contributed by atoms with Crippen LogP contribution in [0.5, 0.6) is 0 Å². The van der Waals surface area contributed by atoms with Gasteiger partial charge in [-0.1, -0.05) is 80.7 Å². The Morgan fingerprint density at radius 3 is 2.27 bits per heavy atom. The fourth-order valence-corrected chi connectivity index (χ4v) is 7.88. The molecule has 12 heteroatoms. The highest BCUT2D eigenvalue weighted by Gasteiger charge is 2.67. The molecule has 1 saturated heterocycles. The summed E-state index contributed by atoms with van der Waals surface area (Å²) in [5, 5.41) is 4.91. The number of halogens is 6. The highest BCUT2D eigenvalue weighted by atomic mass is 79.9. The van der Waals surface area contributed by atoms with Crippen LogP contribution in [0.3, 0.4) is 0 Å². The number of benzene rings is 3. The predicted octanol–water partition coefficient (Wildman–Crippen LogP) is 6.72. The second kappa shape index (κ2) is 9.25. The first-order chi connectivity index (χ1) is 17.3. The van der Waals surface area contributed by atoms with Crippen molar-refractivity contribution < 1.29 is 31.2 Å². The lowest BCUT2D eigenvalue weighted by Crippen LogP contribution is -2.50. The molecule has 2 aliphatic rings. The SMILES string of the molecule is O=C(CC1CS(=O)(=O)C1)c1ccc(C2=NOC(c3cc(Cl)cc(Cl)c3)(C(F)(F)F)C2Br)c2ccccc12. The number of rotatable bonds is 5. The maximum atomic E-state index is 14.6. The molecule has 194 valence electrons. The number of sulfone groups is 1. The van der Waals surface area contributed by atoms with Crippen LogP contribution < -0.4 is 0 Å². The fraction of sp³-hybridized carbons (Fsp3) is 0.280. The van der Waals surface area contributed by atoms with Gasteiger partial charge in [-0.25, -0.2) is 8.42 Å². The normalized spacial score (nSPS) is 23.4. The number of carbonyl (C=O) groups excluding carboxylic acids is 1. The van der Waals surface area contributed by atoms with Crippen LogP contribution >= 0.6 is 39.1 Å². The molecule has 0 N–H and O–H groups in total. The van der Waals surface area contributed by atoms with Gasteiger partial charge in [0.15, 0.2) is 15.6 Å². The molecule has 3 aromatic rings. The lowest BCUT2D eigenvalue weighted by Gasteiger charge is -2.33. The highest BCUT2D eigenvalue weighted by molar-refractivity contribution is 9.10. The number of oxime groups is 1. The molecule has 0 amide bonds. The second-order valence-corrected chi connectivity index (χ2v) is 13.0. The van der Waals surface area contributed by atoms with Crippen LogP contribution in [0.2, 0.25) is 10.0 Å². The summed E-state index contributed by atoms with van der Waals surface area (Å²) < 4.78 is 66.8. The molecule has 0 aromatic heterocycles. The minimum Gasteiger partial charge on any atom is -0.373 e. The van der Waals surface area contributed by atoms with Gasteiger partial charge in [0, 0.05) is 33.2 Å². The standard InChI is InChI=1S/C25H17BrCl2F3NO4S/c26-23-22(32-36-24(23,25(29,30)31)14-8-15(27)10-16(28)9-14)20-6-5-19(17-3-1-2-4-18(17)20)21(33)7-13-11-37(34,35)12-13/h1-6,8-10,13,23H,7,11-12H2. The second-order valence-electron chi connectivity index (χ2n) is 9.10. The van der Waals surface area contributed by atoms with Gasteiger partial charge >= 0.3 is 6.18 Å². The Kier molecular flexibility index (Phi) is 6.62. The van der Waals surface area contributed by atoms with E-state index in [1.807, 2.05) is 0 Å². The van der Waals surface area contributed by atoms with Crippen LogP contribution in [0.4, 0.5) is 13.2 Å². The summed E-state index contributed by atoms with van der Waals surface area (Å²) in [6, 6.07) is 13.4. The van der Waals surface area contributed by atoms with Crippen LogP contribution in [0.25, 0.3) is 10.8 Å². The number of hydrogen-bond acceptors (Lipinski definition) is 5. The van der Waals surface area contributed by atoms with Gasteiger partial charge < -0.3 is 4.84 Å². The van der Waals surface area contributed by atoms with Gasteiger partial charge in [-0.2, -0.15) is 13.2 Å². The van der Waals surface area contributed by atoms with Crippen molar-refractivity contribution in [1.29, 1.82) is 0 Å². The van der Waals surface area contributed by atoms with Crippen molar-refractivity contribution in [1.82, 2.24) is 0 Å². The Bertz CT molecular complexity index is 1550. The van der Waals surface area contributed by atoms with E-state index in [0.29, 0.717) is 21.9 Å². The van der Waals surface area contributed by atoms with E-state index in [1.165, 1.54) is 18.2 Å². The predicted molar refractivity (Wildman–Crippen MR) is 140 cm³/mol. The number of carbonyl (C=O) groups is 1. The summed E-state index contributed by atoms with van der Waals surface area (Å²) in [5.41, 5.74) is -2.53. The molecule has 2 aliphatic heterocycles. The van der Waals surface area contributed by atoms with E-state index in [4.69, 9.17) is 28.0 Å². The Balaban J connectivity index is 1.55. The van der Waals surface area contributed by atoms with Crippen molar-refractivity contribution in [2.24, 2.45) is 11.1 Å². The van der Waals surface area contributed by atoms with Gasteiger partial charge in [0.1, 0.15) is 10.5 Å². The fourth-order valence-electron chi connectivity index (χ4n) is 4.84. The molecule has 1 fully saturated rings. The van der Waals surface area contributed by atoms with Gasteiger partial charge in [-0.15, -0.1) is 0 Å². The summed E-state index contributed by atoms with van der Waals surface area (Å²) in [5.74, 6) is -0.532. The Morgan fingerprint density at radius 1 is 1.05 bits per heavy atom. The number of Topliss-reactive ketones (excluding diaryl/α,β-unsaturated/α-hetero) is 1. The molecule has 0 radical (unpaired) electrons. The van der Waals surface area contributed by atoms with Crippen LogP contribution in [0.15, 0.2) is 59.8 Å². The molecule has 5 rings (SSSR count). The van der Waals surface area contributed by atoms with Crippen LogP contribution in [0.1, 0.15) is 27.9 Å². The Hall–Kier alpha value is -2.14. The van der Waals surface area contributed by atoms with E-state index in [-0.39, 0.29) is 50.9 Å². The molecule has 0 aliphatic carbocycles. The topological polar surface area (TPSA) is 72.8 Å². The van der Waals surface area contributed by atoms with E-state index in [0.717, 1.165) is 12.1 Å². The first-order valence-electron chi connectivity index (χ1n) is 11.0. The average molecular weight is 635 g/mol. The molecule has 0 bridgehead atoms. The minimum atomic E-state index is -4.91. The van der Waals surface area contributed by atoms with Gasteiger partial charge in [-0.3, -0.25) is 4.79 Å². The van der Waals surface area contributed by atoms with E-state index in [1.54, 1.807) is 24.3 Å². The highest BCUT2D eigenvalue weighted by Crippen LogP contribution is 2.52. The van der Waals surface area contributed by atoms with Crippen molar-refractivity contribution in [3.8, 4) is 0 Å². The van der Waals surface area contributed by atoms with Gasteiger partial charge in [0.05, 0.1) is 11.5 Å². The Morgan fingerprint density at radius 2 is 1.68 bits per heavy atom. The molecule has 0 spiro atoms. The minimum absolute atomic E-state index is 0.00968. The summed E-state index contributed by atoms with van der Waals surface area (Å²) in [7, 11) is -3.07. The van der Waals surface area contributed by atoms with E-state index in [2.05, 4.69) is 21.1 Å². The summed E-state index contributed by atoms with van der Waals surface area (Å²) >= 11 is 15.2. The zero-order valence-electron chi connectivity index (χ0n) is 18.7. The molecule has 2 heterocycles. The molecular formula is C25H17BrCl2F3NO4S. The Labute approximate surface area is 228 Å². The lowest BCUT2D eigenvalue weighted by molar-refractivity contribution is -0.273. The van der Waals surface area contributed by atoms with E-state index in [9.17, 15) is 26.4 Å². The monoisotopic (exact) mass is 633 g/mol. The number of nitrogens with zero attached hydrogens (tertiary/aromatic N) is 1. The number of fused-ring (bicyclic) bond motifs is 1. The average Bonchev–Trinajstić information content (AvgIpc) is 3.14. The quantitative estimate of drug-likeness (QED) is 0.231. The van der Waals surface area contributed by atoms with Crippen molar-refractivity contribution >= 4 is 71.2 Å². The zero-order chi connectivity index (χ0) is 26.8. The first-order valence-corrected chi connectivity index (χ1v) is 14.5. The summed E-state index contributed by atoms with van der Waals surface area (Å²) in [6.45, 7) is 0. The van der Waals surface area contributed by atoms with Crippen LogP contribution in [0, 0.1) is 5.92 Å². The molecule has 2 atom stereocenters. The molecule has 0 saturated carbocycles. The number of alkyl halides is 4. The van der Waals surface area contributed by atoms with Crippen molar-refractivity contribution in [2.45, 2.75) is 23.0 Å². The number of hydrogen-bond donors (Lipinski definition) is 0. The third-order valence-electron chi connectivity index (χ3n) is 6.55. The molecular weight excluding hydrogens is 618 g/mol. The van der Waals surface area contributed by atoms with Gasteiger partial charge in [0.25, 0.3) is 5.60 Å². The van der Waals surface area contributed by atoms with Crippen molar-refractivity contribution in [3.63, 3.8) is 0 Å². The van der Waals surface area contributed by atoms with Crippen molar-refractivity contribution in [3.05, 3.63) is 81.3 Å². The lowest BCUT2D eigenvalue weighted by atomic mass is 9.84. The third kappa shape index (κ3) is 4.56. The molecule has 2 unspecified atom stereocenters. The smallest absolute Gasteiger partial charge is 0.373 e. The molecule has 5 nitrogen and oxygen atoms in total. The van der Waals surface area contributed by atoms with Gasteiger partial charge in [0.2, 0.25) is 0 Å². The first kappa shape index (κ1) is 26.5. The van der Waals surface area contributed by atoms with E-state index >= 15 is 0 Å². The summed E-state index contributed by atoms with van der Waals surface area (Å²) in [6.07, 6.45) is -4.84. The molecule has 37 heavy (non-hydrogen) atoms. The third-order valence-corrected chi connectivity index (χ3v) is 10.0. The van der Waals surface area contributed by atoms with Crippen molar-refractivity contribution in [2.75, 3.05) is 11.5 Å². The maximum Gasteiger partial charge on any atom is 0.436 e. The zero-order valence-corrected chi connectivity index (χ0v) is 22.6. The maximum absolute atomic E-state index is 14.6. The largest absolute Gasteiger partial charge is 0.436 e. The van der Waals surface area contributed by atoms with Crippen LogP contribution in [-0.2, 0) is 20.3 Å². The summed E-state index contributed by atoms with van der Waals surface area (Å²) in [4.78, 5) is 16.7.